The third-order valence-corrected chi connectivity index (χ3v) is 5.50. The highest BCUT2D eigenvalue weighted by atomic mass is 19.1. The van der Waals surface area contributed by atoms with Crippen LogP contribution in [0.1, 0.15) is 24.9 Å². The van der Waals surface area contributed by atoms with Gasteiger partial charge in [-0.2, -0.15) is 5.10 Å². The number of nitrogens with zero attached hydrogens (tertiary/aromatic N) is 4. The van der Waals surface area contributed by atoms with Crippen LogP contribution >= 0.6 is 0 Å². The van der Waals surface area contributed by atoms with Crippen LogP contribution in [-0.4, -0.2) is 38.5 Å². The number of nitrogens with one attached hydrogen (secondary N) is 1. The number of halogens is 1. The summed E-state index contributed by atoms with van der Waals surface area (Å²) < 4.78 is 29.3. The molecule has 4 aromatic rings. The van der Waals surface area contributed by atoms with Gasteiger partial charge in [0.15, 0.2) is 5.65 Å². The van der Waals surface area contributed by atoms with E-state index in [-0.39, 0.29) is 18.0 Å². The smallest absolute Gasteiger partial charge is 0.165 e. The van der Waals surface area contributed by atoms with Crippen LogP contribution in [-0.2, 0) is 11.8 Å². The third kappa shape index (κ3) is 3.98. The highest BCUT2D eigenvalue weighted by Crippen LogP contribution is 2.31. The number of fused-ring (bicyclic) bond motifs is 1. The Bertz CT molecular complexity index is 1210. The lowest BCUT2D eigenvalue weighted by atomic mass is 10.1. The van der Waals surface area contributed by atoms with Crippen molar-refractivity contribution in [2.24, 2.45) is 7.05 Å². The van der Waals surface area contributed by atoms with Gasteiger partial charge in [0.1, 0.15) is 23.5 Å². The summed E-state index contributed by atoms with van der Waals surface area (Å²) >= 11 is 0. The molecule has 2 unspecified atom stereocenters. The van der Waals surface area contributed by atoms with Crippen LogP contribution in [0, 0.1) is 5.82 Å². The number of hydrogen-bond acceptors (Lipinski definition) is 5. The summed E-state index contributed by atoms with van der Waals surface area (Å²) in [7, 11) is 1.98. The predicted molar refractivity (Wildman–Crippen MR) is 116 cm³/mol. The SMILES string of the molecule is CC(Nc1ccn2ncc(-c3ccn(C)c3)c2n1)c1cc(F)ccc1OC1CCOC1. The summed E-state index contributed by atoms with van der Waals surface area (Å²) in [5.41, 5.74) is 3.50. The minimum atomic E-state index is -0.302. The fourth-order valence-electron chi connectivity index (χ4n) is 3.87. The molecule has 0 spiro atoms. The largest absolute Gasteiger partial charge is 0.488 e. The second kappa shape index (κ2) is 8.03. The summed E-state index contributed by atoms with van der Waals surface area (Å²) in [6.07, 6.45) is 8.52. The van der Waals surface area contributed by atoms with E-state index < -0.39 is 0 Å². The Morgan fingerprint density at radius 2 is 2.16 bits per heavy atom. The van der Waals surface area contributed by atoms with Gasteiger partial charge in [-0.3, -0.25) is 0 Å². The van der Waals surface area contributed by atoms with Crippen molar-refractivity contribution in [2.45, 2.75) is 25.5 Å². The fraction of sp³-hybridized carbons (Fsp3) is 0.304. The molecular formula is C23H24FN5O2. The highest BCUT2D eigenvalue weighted by molar-refractivity contribution is 5.77. The topological polar surface area (TPSA) is 65.6 Å². The van der Waals surface area contributed by atoms with Gasteiger partial charge in [-0.15, -0.1) is 0 Å². The van der Waals surface area contributed by atoms with Crippen molar-refractivity contribution in [3.05, 3.63) is 66.5 Å². The number of hydrogen-bond donors (Lipinski definition) is 1. The van der Waals surface area contributed by atoms with Gasteiger partial charge in [0.05, 0.1) is 25.5 Å². The standard InChI is InChI=1S/C23H24FN5O2/c1-15(19-11-17(24)3-4-21(19)31-18-7-10-30-14-18)26-22-6-9-29-23(27-22)20(12-25-29)16-5-8-28(2)13-16/h3-6,8-9,11-13,15,18H,7,10,14H2,1-2H3,(H,26,27). The van der Waals surface area contributed by atoms with E-state index in [1.54, 1.807) is 10.6 Å². The Balaban J connectivity index is 1.42. The Hall–Kier alpha value is -3.39. The monoisotopic (exact) mass is 421 g/mol. The van der Waals surface area contributed by atoms with Crippen LogP contribution in [0.2, 0.25) is 0 Å². The molecule has 0 radical (unpaired) electrons. The van der Waals surface area contributed by atoms with Crippen molar-refractivity contribution >= 4 is 11.5 Å². The second-order valence-corrected chi connectivity index (χ2v) is 7.86. The zero-order valence-corrected chi connectivity index (χ0v) is 17.5. The molecule has 5 rings (SSSR count). The Labute approximate surface area is 179 Å². The van der Waals surface area contributed by atoms with Crippen LogP contribution in [0.25, 0.3) is 16.8 Å². The first-order valence-electron chi connectivity index (χ1n) is 10.3. The molecule has 0 amide bonds. The fourth-order valence-corrected chi connectivity index (χ4v) is 3.87. The maximum Gasteiger partial charge on any atom is 0.165 e. The van der Waals surface area contributed by atoms with Gasteiger partial charge < -0.3 is 19.4 Å². The molecule has 31 heavy (non-hydrogen) atoms. The molecule has 1 fully saturated rings. The molecule has 0 bridgehead atoms. The van der Waals surface area contributed by atoms with Crippen LogP contribution in [0.15, 0.2) is 55.1 Å². The highest BCUT2D eigenvalue weighted by Gasteiger charge is 2.21. The van der Waals surface area contributed by atoms with Gasteiger partial charge in [0.2, 0.25) is 0 Å². The van der Waals surface area contributed by atoms with Gasteiger partial charge in [0.25, 0.3) is 0 Å². The van der Waals surface area contributed by atoms with Crippen LogP contribution in [0.5, 0.6) is 5.75 Å². The molecule has 0 aliphatic carbocycles. The minimum Gasteiger partial charge on any atom is -0.488 e. The molecule has 2 atom stereocenters. The molecule has 7 nitrogen and oxygen atoms in total. The van der Waals surface area contributed by atoms with E-state index in [0.717, 1.165) is 28.8 Å². The lowest BCUT2D eigenvalue weighted by Crippen LogP contribution is -2.18. The van der Waals surface area contributed by atoms with E-state index in [1.807, 2.05) is 55.5 Å². The van der Waals surface area contributed by atoms with E-state index in [4.69, 9.17) is 14.5 Å². The van der Waals surface area contributed by atoms with Crippen molar-refractivity contribution in [1.82, 2.24) is 19.2 Å². The Kier molecular flexibility index (Phi) is 5.07. The predicted octanol–water partition coefficient (Wildman–Crippen LogP) is 4.21. The molecule has 0 saturated carbocycles. The Morgan fingerprint density at radius 3 is 2.94 bits per heavy atom. The number of rotatable bonds is 6. The van der Waals surface area contributed by atoms with Gasteiger partial charge >= 0.3 is 0 Å². The molecule has 160 valence electrons. The first kappa shape index (κ1) is 19.6. The van der Waals surface area contributed by atoms with E-state index in [0.29, 0.717) is 24.8 Å². The molecule has 1 saturated heterocycles. The van der Waals surface area contributed by atoms with Crippen LogP contribution in [0.3, 0.4) is 0 Å². The Morgan fingerprint density at radius 1 is 1.26 bits per heavy atom. The van der Waals surface area contributed by atoms with Gasteiger partial charge in [0, 0.05) is 48.7 Å². The summed E-state index contributed by atoms with van der Waals surface area (Å²) in [6, 6.07) is 8.29. The van der Waals surface area contributed by atoms with E-state index >= 15 is 0 Å². The van der Waals surface area contributed by atoms with E-state index in [2.05, 4.69) is 10.4 Å². The number of aromatic nitrogens is 4. The van der Waals surface area contributed by atoms with Gasteiger partial charge in [-0.1, -0.05) is 0 Å². The number of ether oxygens (including phenoxy) is 2. The van der Waals surface area contributed by atoms with Crippen molar-refractivity contribution < 1.29 is 13.9 Å². The molecule has 1 N–H and O–H groups in total. The maximum atomic E-state index is 14.0. The van der Waals surface area contributed by atoms with Crippen molar-refractivity contribution in [3.8, 4) is 16.9 Å². The molecule has 8 heteroatoms. The van der Waals surface area contributed by atoms with E-state index in [9.17, 15) is 4.39 Å². The van der Waals surface area contributed by atoms with Gasteiger partial charge in [-0.25, -0.2) is 13.9 Å². The molecule has 1 aliphatic rings. The summed E-state index contributed by atoms with van der Waals surface area (Å²) in [6.45, 7) is 3.21. The molecule has 3 aromatic heterocycles. The molecule has 1 aromatic carbocycles. The normalized spacial score (nSPS) is 17.2. The average molecular weight is 421 g/mol. The van der Waals surface area contributed by atoms with Crippen LogP contribution < -0.4 is 10.1 Å². The van der Waals surface area contributed by atoms with Gasteiger partial charge in [-0.05, 0) is 37.3 Å². The number of benzene rings is 1. The van der Waals surface area contributed by atoms with Crippen molar-refractivity contribution in [3.63, 3.8) is 0 Å². The molecular weight excluding hydrogens is 397 g/mol. The van der Waals surface area contributed by atoms with Crippen molar-refractivity contribution in [1.29, 1.82) is 0 Å². The van der Waals surface area contributed by atoms with E-state index in [1.165, 1.54) is 12.1 Å². The van der Waals surface area contributed by atoms with Crippen LogP contribution in [0.4, 0.5) is 10.2 Å². The zero-order chi connectivity index (χ0) is 21.4. The first-order valence-corrected chi connectivity index (χ1v) is 10.3. The number of anilines is 1. The average Bonchev–Trinajstić information content (AvgIpc) is 3.50. The summed E-state index contributed by atoms with van der Waals surface area (Å²) in [5.74, 6) is 1.04. The first-order chi connectivity index (χ1) is 15.1. The number of aryl methyl sites for hydroxylation is 1. The third-order valence-electron chi connectivity index (χ3n) is 5.50. The molecule has 1 aliphatic heterocycles. The zero-order valence-electron chi connectivity index (χ0n) is 17.5. The lowest BCUT2D eigenvalue weighted by molar-refractivity contribution is 0.140. The summed E-state index contributed by atoms with van der Waals surface area (Å²) in [4.78, 5) is 4.77. The maximum absolute atomic E-state index is 14.0. The second-order valence-electron chi connectivity index (χ2n) is 7.86. The molecule has 4 heterocycles. The van der Waals surface area contributed by atoms with Crippen molar-refractivity contribution in [2.75, 3.05) is 18.5 Å². The quantitative estimate of drug-likeness (QED) is 0.505. The lowest BCUT2D eigenvalue weighted by Gasteiger charge is -2.21. The minimum absolute atomic E-state index is 0.00823. The summed E-state index contributed by atoms with van der Waals surface area (Å²) in [5, 5.41) is 7.78.